The molecule has 2 N–H and O–H groups in total. The molecule has 0 aliphatic rings. The van der Waals surface area contributed by atoms with Gasteiger partial charge in [0.2, 0.25) is 0 Å². The summed E-state index contributed by atoms with van der Waals surface area (Å²) in [5.74, 6) is -1.82. The van der Waals surface area contributed by atoms with Crippen molar-refractivity contribution in [2.24, 2.45) is 0 Å². The third-order valence-electron chi connectivity index (χ3n) is 3.27. The van der Waals surface area contributed by atoms with Crippen LogP contribution in [0.2, 0.25) is 0 Å². The van der Waals surface area contributed by atoms with Gasteiger partial charge in [0.05, 0.1) is 12.5 Å². The first kappa shape index (κ1) is 15.7. The maximum atomic E-state index is 13.0. The maximum absolute atomic E-state index is 13.0. The maximum Gasteiger partial charge on any atom is 0.305 e. The fraction of sp³-hybridized carbons (Fsp3) is 0.176. The molecule has 0 saturated heterocycles. The second-order valence-electron chi connectivity index (χ2n) is 5.04. The minimum atomic E-state index is -1.04. The third-order valence-corrected chi connectivity index (χ3v) is 3.27. The molecule has 0 spiro atoms. The summed E-state index contributed by atoms with van der Waals surface area (Å²) in [5, 5.41) is 11.7. The molecule has 0 fully saturated rings. The molecular formula is C17H16FNO3. The molecule has 1 amide bonds. The number of carbonyl (C=O) groups excluding carboxylic acids is 1. The summed E-state index contributed by atoms with van der Waals surface area (Å²) in [4.78, 5) is 23.2. The first-order chi connectivity index (χ1) is 10.5. The largest absolute Gasteiger partial charge is 0.481 e. The lowest BCUT2D eigenvalue weighted by Crippen LogP contribution is -2.30. The van der Waals surface area contributed by atoms with E-state index in [1.807, 2.05) is 6.92 Å². The zero-order valence-electron chi connectivity index (χ0n) is 12.0. The molecule has 1 atom stereocenters. The first-order valence-corrected chi connectivity index (χ1v) is 6.80. The molecule has 2 rings (SSSR count). The van der Waals surface area contributed by atoms with E-state index in [1.165, 1.54) is 24.3 Å². The molecule has 0 radical (unpaired) electrons. The van der Waals surface area contributed by atoms with E-state index in [9.17, 15) is 14.0 Å². The quantitative estimate of drug-likeness (QED) is 0.892. The summed E-state index contributed by atoms with van der Waals surface area (Å²) in [5.41, 5.74) is 2.02. The highest BCUT2D eigenvalue weighted by atomic mass is 19.1. The fourth-order valence-electron chi connectivity index (χ4n) is 2.07. The number of carbonyl (C=O) groups is 2. The van der Waals surface area contributed by atoms with Crippen LogP contribution in [-0.4, -0.2) is 17.0 Å². The molecule has 0 unspecified atom stereocenters. The highest BCUT2D eigenvalue weighted by Crippen LogP contribution is 2.18. The molecule has 0 heterocycles. The van der Waals surface area contributed by atoms with E-state index in [-0.39, 0.29) is 12.3 Å². The lowest BCUT2D eigenvalue weighted by Gasteiger charge is -2.17. The summed E-state index contributed by atoms with van der Waals surface area (Å²) < 4.78 is 13.0. The summed E-state index contributed by atoms with van der Waals surface area (Å²) in [6.07, 6.45) is -0.275. The van der Waals surface area contributed by atoms with Crippen LogP contribution in [-0.2, 0) is 4.79 Å². The lowest BCUT2D eigenvalue weighted by molar-refractivity contribution is -0.137. The minimum Gasteiger partial charge on any atom is -0.481 e. The number of benzene rings is 2. The molecule has 2 aromatic carbocycles. The van der Waals surface area contributed by atoms with Gasteiger partial charge in [-0.15, -0.1) is 0 Å². The number of nitrogens with one attached hydrogen (secondary N) is 1. The Morgan fingerprint density at radius 2 is 1.68 bits per heavy atom. The molecule has 114 valence electrons. The standard InChI is InChI=1S/C17H16FNO3/c1-11-2-4-13(5-3-11)17(22)19-15(10-16(20)21)12-6-8-14(18)9-7-12/h2-9,15H,10H2,1H3,(H,19,22)(H,20,21)/t15-/m0/s1. The van der Waals surface area contributed by atoms with Crippen LogP contribution in [0.15, 0.2) is 48.5 Å². The molecular weight excluding hydrogens is 285 g/mol. The Hall–Kier alpha value is -2.69. The third kappa shape index (κ3) is 4.15. The number of hydrogen-bond donors (Lipinski definition) is 2. The van der Waals surface area contributed by atoms with E-state index in [0.717, 1.165) is 5.56 Å². The van der Waals surface area contributed by atoms with Crippen LogP contribution in [0.5, 0.6) is 0 Å². The smallest absolute Gasteiger partial charge is 0.305 e. The number of amides is 1. The van der Waals surface area contributed by atoms with Crippen molar-refractivity contribution in [2.45, 2.75) is 19.4 Å². The van der Waals surface area contributed by atoms with Gasteiger partial charge in [-0.25, -0.2) is 4.39 Å². The van der Waals surface area contributed by atoms with E-state index in [2.05, 4.69) is 5.32 Å². The fourth-order valence-corrected chi connectivity index (χ4v) is 2.07. The Morgan fingerprint density at radius 3 is 2.23 bits per heavy atom. The van der Waals surface area contributed by atoms with E-state index < -0.39 is 17.8 Å². The van der Waals surface area contributed by atoms with E-state index in [1.54, 1.807) is 24.3 Å². The molecule has 2 aromatic rings. The highest BCUT2D eigenvalue weighted by Gasteiger charge is 2.19. The Kier molecular flexibility index (Phi) is 4.88. The number of hydrogen-bond acceptors (Lipinski definition) is 2. The molecule has 22 heavy (non-hydrogen) atoms. The van der Waals surface area contributed by atoms with Crippen LogP contribution >= 0.6 is 0 Å². The summed E-state index contributed by atoms with van der Waals surface area (Å²) >= 11 is 0. The van der Waals surface area contributed by atoms with Crippen LogP contribution in [0.3, 0.4) is 0 Å². The van der Waals surface area contributed by atoms with Crippen LogP contribution < -0.4 is 5.32 Å². The number of aliphatic carboxylic acids is 1. The van der Waals surface area contributed by atoms with Gasteiger partial charge in [0, 0.05) is 5.56 Å². The predicted octanol–water partition coefficient (Wildman–Crippen LogP) is 3.08. The van der Waals surface area contributed by atoms with Crippen molar-refractivity contribution < 1.29 is 19.1 Å². The second-order valence-corrected chi connectivity index (χ2v) is 5.04. The monoisotopic (exact) mass is 301 g/mol. The Balaban J connectivity index is 2.19. The predicted molar refractivity (Wildman–Crippen MR) is 80.0 cm³/mol. The molecule has 4 nitrogen and oxygen atoms in total. The normalized spacial score (nSPS) is 11.7. The average molecular weight is 301 g/mol. The van der Waals surface area contributed by atoms with Gasteiger partial charge in [0.1, 0.15) is 5.82 Å². The van der Waals surface area contributed by atoms with E-state index in [0.29, 0.717) is 11.1 Å². The number of aryl methyl sites for hydroxylation is 1. The van der Waals surface area contributed by atoms with E-state index in [4.69, 9.17) is 5.11 Å². The summed E-state index contributed by atoms with van der Waals surface area (Å²) in [6.45, 7) is 1.91. The van der Waals surface area contributed by atoms with Gasteiger partial charge >= 0.3 is 5.97 Å². The van der Waals surface area contributed by atoms with Gasteiger partial charge in [0.15, 0.2) is 0 Å². The second kappa shape index (κ2) is 6.85. The number of halogens is 1. The molecule has 0 aliphatic carbocycles. The molecule has 0 bridgehead atoms. The van der Waals surface area contributed by atoms with Crippen molar-refractivity contribution >= 4 is 11.9 Å². The topological polar surface area (TPSA) is 66.4 Å². The van der Waals surface area contributed by atoms with Crippen LogP contribution in [0.1, 0.15) is 33.9 Å². The highest BCUT2D eigenvalue weighted by molar-refractivity contribution is 5.94. The van der Waals surface area contributed by atoms with E-state index >= 15 is 0 Å². The van der Waals surface area contributed by atoms with Crippen molar-refractivity contribution in [3.63, 3.8) is 0 Å². The van der Waals surface area contributed by atoms with Gasteiger partial charge < -0.3 is 10.4 Å². The van der Waals surface area contributed by atoms with Crippen LogP contribution in [0, 0.1) is 12.7 Å². The minimum absolute atomic E-state index is 0.275. The zero-order valence-corrected chi connectivity index (χ0v) is 12.0. The number of carboxylic acids is 1. The molecule has 5 heteroatoms. The van der Waals surface area contributed by atoms with Crippen molar-refractivity contribution in [1.82, 2.24) is 5.32 Å². The molecule has 0 aromatic heterocycles. The first-order valence-electron chi connectivity index (χ1n) is 6.80. The van der Waals surface area contributed by atoms with Crippen LogP contribution in [0.4, 0.5) is 4.39 Å². The molecule has 0 aliphatic heterocycles. The zero-order chi connectivity index (χ0) is 16.1. The number of rotatable bonds is 5. The summed E-state index contributed by atoms with van der Waals surface area (Å²) in [6, 6.07) is 11.7. The van der Waals surface area contributed by atoms with Crippen molar-refractivity contribution in [3.05, 3.63) is 71.0 Å². The van der Waals surface area contributed by atoms with Gasteiger partial charge in [-0.1, -0.05) is 29.8 Å². The van der Waals surface area contributed by atoms with Crippen LogP contribution in [0.25, 0.3) is 0 Å². The van der Waals surface area contributed by atoms with Crippen molar-refractivity contribution in [3.8, 4) is 0 Å². The molecule has 0 saturated carbocycles. The lowest BCUT2D eigenvalue weighted by atomic mass is 10.0. The Bertz CT molecular complexity index is 665. The number of carboxylic acid groups (broad SMARTS) is 1. The van der Waals surface area contributed by atoms with Gasteiger partial charge in [-0.05, 0) is 36.8 Å². The van der Waals surface area contributed by atoms with Gasteiger partial charge in [-0.3, -0.25) is 9.59 Å². The Morgan fingerprint density at radius 1 is 1.09 bits per heavy atom. The van der Waals surface area contributed by atoms with Crippen molar-refractivity contribution in [1.29, 1.82) is 0 Å². The van der Waals surface area contributed by atoms with Crippen molar-refractivity contribution in [2.75, 3.05) is 0 Å². The SMILES string of the molecule is Cc1ccc(C(=O)N[C@@H](CC(=O)O)c2ccc(F)cc2)cc1. The van der Waals surface area contributed by atoms with Gasteiger partial charge in [-0.2, -0.15) is 0 Å². The summed E-state index contributed by atoms with van der Waals surface area (Å²) in [7, 11) is 0. The average Bonchev–Trinajstić information content (AvgIpc) is 2.47. The van der Waals surface area contributed by atoms with Gasteiger partial charge in [0.25, 0.3) is 5.91 Å². The Labute approximate surface area is 127 Å².